The molecule has 5 rings (SSSR count). The summed E-state index contributed by atoms with van der Waals surface area (Å²) in [5.41, 5.74) is 5.43. The number of aryl methyl sites for hydroxylation is 1. The predicted octanol–water partition coefficient (Wildman–Crippen LogP) is 3.91. The fourth-order valence-corrected chi connectivity index (χ4v) is 5.11. The van der Waals surface area contributed by atoms with Gasteiger partial charge in [-0.25, -0.2) is 4.39 Å². The average Bonchev–Trinajstić information content (AvgIpc) is 3.25. The van der Waals surface area contributed by atoms with Gasteiger partial charge in [0.25, 0.3) is 0 Å². The van der Waals surface area contributed by atoms with Gasteiger partial charge < -0.3 is 9.67 Å². The van der Waals surface area contributed by atoms with Crippen molar-refractivity contribution in [2.24, 2.45) is 0 Å². The van der Waals surface area contributed by atoms with Gasteiger partial charge in [0.2, 0.25) is 0 Å². The molecule has 1 N–H and O–H groups in total. The number of rotatable bonds is 3. The van der Waals surface area contributed by atoms with Crippen LogP contribution in [0, 0.1) is 12.7 Å². The van der Waals surface area contributed by atoms with Gasteiger partial charge in [-0.3, -0.25) is 9.88 Å². The molecule has 1 fully saturated rings. The number of benzene rings is 1. The van der Waals surface area contributed by atoms with Crippen molar-refractivity contribution in [3.8, 4) is 0 Å². The number of fused-ring (bicyclic) bond motifs is 5. The minimum absolute atomic E-state index is 0.176. The summed E-state index contributed by atoms with van der Waals surface area (Å²) in [6.07, 6.45) is 6.08. The minimum atomic E-state index is -0.612. The molecule has 1 saturated heterocycles. The monoisotopic (exact) mass is 365 g/mol. The van der Waals surface area contributed by atoms with Crippen molar-refractivity contribution in [3.05, 3.63) is 64.9 Å². The van der Waals surface area contributed by atoms with E-state index in [9.17, 15) is 9.50 Å². The second-order valence-electron chi connectivity index (χ2n) is 7.83. The molecule has 0 bridgehead atoms. The zero-order valence-electron chi connectivity index (χ0n) is 15.5. The first-order chi connectivity index (χ1) is 13.1. The third kappa shape index (κ3) is 2.68. The molecule has 2 aromatic heterocycles. The molecular formula is C22H24FN3O. The van der Waals surface area contributed by atoms with Crippen molar-refractivity contribution in [2.45, 2.75) is 44.9 Å². The van der Waals surface area contributed by atoms with Gasteiger partial charge in [-0.05, 0) is 67.3 Å². The summed E-state index contributed by atoms with van der Waals surface area (Å²) in [5.74, 6) is -0.176. The number of nitrogens with zero attached hydrogens (tertiary/aromatic N) is 3. The SMILES string of the molecule is Cc1cc(F)cc2c3c(n(CC(O)c4ccncc4)c12)CCN1CCCC31. The third-order valence-electron chi connectivity index (χ3n) is 6.24. The fourth-order valence-electron chi connectivity index (χ4n) is 5.11. The molecule has 2 aliphatic heterocycles. The van der Waals surface area contributed by atoms with Crippen LogP contribution in [0.4, 0.5) is 4.39 Å². The number of aliphatic hydroxyl groups is 1. The maximum atomic E-state index is 14.3. The molecule has 2 aliphatic rings. The van der Waals surface area contributed by atoms with Gasteiger partial charge in [0.05, 0.1) is 18.2 Å². The number of pyridine rings is 1. The van der Waals surface area contributed by atoms with Crippen LogP contribution in [0.3, 0.4) is 0 Å². The molecule has 0 spiro atoms. The summed E-state index contributed by atoms with van der Waals surface area (Å²) in [6, 6.07) is 7.40. The molecule has 4 heterocycles. The largest absolute Gasteiger partial charge is 0.387 e. The molecule has 0 amide bonds. The van der Waals surface area contributed by atoms with E-state index in [4.69, 9.17) is 0 Å². The Kier molecular flexibility index (Phi) is 4.02. The molecule has 0 aliphatic carbocycles. The molecule has 3 aromatic rings. The van der Waals surface area contributed by atoms with Crippen LogP contribution in [0.25, 0.3) is 10.9 Å². The molecule has 1 aromatic carbocycles. The molecular weight excluding hydrogens is 341 g/mol. The van der Waals surface area contributed by atoms with Crippen molar-refractivity contribution < 1.29 is 9.50 Å². The van der Waals surface area contributed by atoms with Gasteiger partial charge >= 0.3 is 0 Å². The van der Waals surface area contributed by atoms with E-state index in [-0.39, 0.29) is 5.82 Å². The third-order valence-corrected chi connectivity index (χ3v) is 6.24. The van der Waals surface area contributed by atoms with Crippen LogP contribution in [0.2, 0.25) is 0 Å². The number of halogens is 1. The highest BCUT2D eigenvalue weighted by molar-refractivity contribution is 5.89. The van der Waals surface area contributed by atoms with Crippen molar-refractivity contribution >= 4 is 10.9 Å². The van der Waals surface area contributed by atoms with Crippen LogP contribution in [0.5, 0.6) is 0 Å². The Bertz CT molecular complexity index is 998. The van der Waals surface area contributed by atoms with E-state index in [1.165, 1.54) is 17.7 Å². The zero-order valence-corrected chi connectivity index (χ0v) is 15.5. The van der Waals surface area contributed by atoms with Crippen molar-refractivity contribution in [2.75, 3.05) is 13.1 Å². The van der Waals surface area contributed by atoms with Crippen molar-refractivity contribution in [1.82, 2.24) is 14.5 Å². The fraction of sp³-hybridized carbons (Fsp3) is 0.409. The van der Waals surface area contributed by atoms with Crippen LogP contribution in [-0.4, -0.2) is 32.6 Å². The van der Waals surface area contributed by atoms with Gasteiger partial charge in [-0.1, -0.05) is 0 Å². The summed E-state index contributed by atoms with van der Waals surface area (Å²) in [7, 11) is 0. The number of hydrogen-bond acceptors (Lipinski definition) is 3. The Labute approximate surface area is 158 Å². The van der Waals surface area contributed by atoms with E-state index >= 15 is 0 Å². The topological polar surface area (TPSA) is 41.3 Å². The summed E-state index contributed by atoms with van der Waals surface area (Å²) in [4.78, 5) is 6.57. The average molecular weight is 365 g/mol. The quantitative estimate of drug-likeness (QED) is 0.765. The lowest BCUT2D eigenvalue weighted by molar-refractivity contribution is 0.155. The zero-order chi connectivity index (χ0) is 18.5. The first-order valence-electron chi connectivity index (χ1n) is 9.76. The highest BCUT2D eigenvalue weighted by Crippen LogP contribution is 2.44. The van der Waals surface area contributed by atoms with Crippen molar-refractivity contribution in [1.29, 1.82) is 0 Å². The lowest BCUT2D eigenvalue weighted by Gasteiger charge is -2.31. The van der Waals surface area contributed by atoms with Crippen LogP contribution in [0.1, 0.15) is 47.4 Å². The van der Waals surface area contributed by atoms with E-state index in [2.05, 4.69) is 14.5 Å². The molecule has 0 radical (unpaired) electrons. The summed E-state index contributed by atoms with van der Waals surface area (Å²) >= 11 is 0. The van der Waals surface area contributed by atoms with E-state index in [0.29, 0.717) is 12.6 Å². The van der Waals surface area contributed by atoms with Crippen LogP contribution in [-0.2, 0) is 13.0 Å². The molecule has 27 heavy (non-hydrogen) atoms. The molecule has 5 heteroatoms. The van der Waals surface area contributed by atoms with E-state index in [1.807, 2.05) is 19.1 Å². The van der Waals surface area contributed by atoms with Crippen LogP contribution >= 0.6 is 0 Å². The normalized spacial score (nSPS) is 20.6. The maximum Gasteiger partial charge on any atom is 0.124 e. The Balaban J connectivity index is 1.68. The highest BCUT2D eigenvalue weighted by Gasteiger charge is 2.36. The van der Waals surface area contributed by atoms with Gasteiger partial charge in [0.15, 0.2) is 0 Å². The van der Waals surface area contributed by atoms with E-state index < -0.39 is 6.10 Å². The van der Waals surface area contributed by atoms with Gasteiger partial charge in [0.1, 0.15) is 5.82 Å². The lowest BCUT2D eigenvalue weighted by Crippen LogP contribution is -2.31. The maximum absolute atomic E-state index is 14.3. The minimum Gasteiger partial charge on any atom is -0.387 e. The lowest BCUT2D eigenvalue weighted by atomic mass is 9.95. The molecule has 140 valence electrons. The summed E-state index contributed by atoms with van der Waals surface area (Å²) in [5, 5.41) is 11.9. The van der Waals surface area contributed by atoms with E-state index in [0.717, 1.165) is 48.0 Å². The van der Waals surface area contributed by atoms with Gasteiger partial charge in [-0.15, -0.1) is 0 Å². The number of hydrogen-bond donors (Lipinski definition) is 1. The first-order valence-corrected chi connectivity index (χ1v) is 9.76. The number of aromatic nitrogens is 2. The van der Waals surface area contributed by atoms with Crippen LogP contribution < -0.4 is 0 Å². The number of aliphatic hydroxyl groups excluding tert-OH is 1. The molecule has 4 nitrogen and oxygen atoms in total. The standard InChI is InChI=1S/C22H24FN3O/c1-14-11-16(23)12-17-21-18-3-2-9-25(18)10-6-19(21)26(22(14)17)13-20(27)15-4-7-24-8-5-15/h4-5,7-8,11-12,18,20,27H,2-3,6,9-10,13H2,1H3. The van der Waals surface area contributed by atoms with Crippen LogP contribution in [0.15, 0.2) is 36.7 Å². The summed E-state index contributed by atoms with van der Waals surface area (Å²) < 4.78 is 16.5. The van der Waals surface area contributed by atoms with E-state index in [1.54, 1.807) is 24.5 Å². The second kappa shape index (κ2) is 6.43. The summed E-state index contributed by atoms with van der Waals surface area (Å²) in [6.45, 7) is 4.62. The molecule has 0 saturated carbocycles. The van der Waals surface area contributed by atoms with Gasteiger partial charge in [0, 0.05) is 42.5 Å². The first kappa shape index (κ1) is 16.9. The molecule has 2 unspecified atom stereocenters. The Morgan fingerprint density at radius 1 is 1.26 bits per heavy atom. The Morgan fingerprint density at radius 2 is 2.07 bits per heavy atom. The smallest absolute Gasteiger partial charge is 0.124 e. The predicted molar refractivity (Wildman–Crippen MR) is 103 cm³/mol. The Morgan fingerprint density at radius 3 is 2.89 bits per heavy atom. The van der Waals surface area contributed by atoms with Crippen molar-refractivity contribution in [3.63, 3.8) is 0 Å². The highest BCUT2D eigenvalue weighted by atomic mass is 19.1. The second-order valence-corrected chi connectivity index (χ2v) is 7.83. The molecule has 2 atom stereocenters. The Hall–Kier alpha value is -2.24. The van der Waals surface area contributed by atoms with Gasteiger partial charge in [-0.2, -0.15) is 0 Å².